The lowest BCUT2D eigenvalue weighted by Crippen LogP contribution is -2.53. The fourth-order valence-electron chi connectivity index (χ4n) is 3.70. The normalized spacial score (nSPS) is 29.5. The third-order valence-electron chi connectivity index (χ3n) is 5.16. The highest BCUT2D eigenvalue weighted by atomic mass is 32.2. The van der Waals surface area contributed by atoms with E-state index in [1.807, 2.05) is 0 Å². The van der Waals surface area contributed by atoms with Crippen LogP contribution in [0.3, 0.4) is 0 Å². The molecule has 0 spiro atoms. The van der Waals surface area contributed by atoms with Crippen molar-refractivity contribution in [3.8, 4) is 0 Å². The molecule has 3 fully saturated rings. The number of carbonyl (C=O) groups is 2. The van der Waals surface area contributed by atoms with Crippen LogP contribution in [-0.4, -0.2) is 48.1 Å². The summed E-state index contributed by atoms with van der Waals surface area (Å²) in [6.07, 6.45) is 1.10. The number of amides is 2. The Morgan fingerprint density at radius 3 is 2.79 bits per heavy atom. The Kier molecular flexibility index (Phi) is 4.00. The third-order valence-corrected chi connectivity index (χ3v) is 6.75. The molecule has 0 radical (unpaired) electrons. The molecule has 5 nitrogen and oxygen atoms in total. The minimum atomic E-state index is -0.523. The van der Waals surface area contributed by atoms with Gasteiger partial charge in [-0.1, -0.05) is 12.1 Å². The predicted octanol–water partition coefficient (Wildman–Crippen LogP) is 1.05. The first-order chi connectivity index (χ1) is 11.6. The number of carbonyl (C=O) groups excluding carboxylic acids is 2. The van der Waals surface area contributed by atoms with Gasteiger partial charge in [-0.15, -0.1) is 11.8 Å². The van der Waals surface area contributed by atoms with Crippen LogP contribution in [0.25, 0.3) is 0 Å². The zero-order chi connectivity index (χ0) is 16.7. The molecule has 7 heteroatoms. The monoisotopic (exact) mass is 349 g/mol. The van der Waals surface area contributed by atoms with Gasteiger partial charge < -0.3 is 15.5 Å². The fourth-order valence-corrected chi connectivity index (χ4v) is 5.35. The van der Waals surface area contributed by atoms with Crippen molar-refractivity contribution in [1.29, 1.82) is 0 Å². The van der Waals surface area contributed by atoms with E-state index in [4.69, 9.17) is 0 Å². The number of hydrogen-bond donors (Lipinski definition) is 2. The summed E-state index contributed by atoms with van der Waals surface area (Å²) in [6.45, 7) is 2.52. The second kappa shape index (κ2) is 6.04. The van der Waals surface area contributed by atoms with Crippen LogP contribution in [0.5, 0.6) is 0 Å². The average Bonchev–Trinajstić information content (AvgIpc) is 3.06. The first kappa shape index (κ1) is 15.9. The van der Waals surface area contributed by atoms with Gasteiger partial charge >= 0.3 is 0 Å². The van der Waals surface area contributed by atoms with E-state index in [2.05, 4.69) is 10.6 Å². The second-order valence-corrected chi connectivity index (χ2v) is 7.95. The number of halogens is 1. The first-order valence-electron chi connectivity index (χ1n) is 8.31. The van der Waals surface area contributed by atoms with Crippen LogP contribution in [0, 0.1) is 11.7 Å². The van der Waals surface area contributed by atoms with Crippen molar-refractivity contribution in [2.45, 2.75) is 23.8 Å². The summed E-state index contributed by atoms with van der Waals surface area (Å²) in [5.74, 6) is 0.706. The molecule has 3 heterocycles. The molecular weight excluding hydrogens is 329 g/mol. The van der Waals surface area contributed by atoms with Crippen molar-refractivity contribution in [3.63, 3.8) is 0 Å². The van der Waals surface area contributed by atoms with Crippen LogP contribution < -0.4 is 10.6 Å². The number of rotatable bonds is 4. The molecule has 4 rings (SSSR count). The van der Waals surface area contributed by atoms with E-state index in [1.165, 1.54) is 12.1 Å². The van der Waals surface area contributed by atoms with Crippen molar-refractivity contribution in [3.05, 3.63) is 35.6 Å². The lowest BCUT2D eigenvalue weighted by molar-refractivity contribution is -0.138. The summed E-state index contributed by atoms with van der Waals surface area (Å²) in [5, 5.41) is 6.17. The van der Waals surface area contributed by atoms with Crippen LogP contribution in [0.1, 0.15) is 18.4 Å². The Morgan fingerprint density at radius 1 is 1.38 bits per heavy atom. The Morgan fingerprint density at radius 2 is 2.12 bits per heavy atom. The highest BCUT2D eigenvalue weighted by molar-refractivity contribution is 8.00. The number of thioether (sulfide) groups is 1. The van der Waals surface area contributed by atoms with Gasteiger partial charge in [-0.25, -0.2) is 4.39 Å². The summed E-state index contributed by atoms with van der Waals surface area (Å²) < 4.78 is 13.3. The third kappa shape index (κ3) is 2.50. The van der Waals surface area contributed by atoms with E-state index >= 15 is 0 Å². The fraction of sp³-hybridized carbons (Fsp3) is 0.529. The molecule has 0 aliphatic carbocycles. The number of fused-ring (bicyclic) bond motifs is 1. The summed E-state index contributed by atoms with van der Waals surface area (Å²) >= 11 is 1.62. The van der Waals surface area contributed by atoms with Gasteiger partial charge in [-0.2, -0.15) is 0 Å². The molecule has 1 aromatic rings. The number of hydrogen-bond acceptors (Lipinski definition) is 4. The molecule has 3 saturated heterocycles. The molecule has 3 aliphatic heterocycles. The molecular formula is C17H20FN3O2S. The maximum atomic E-state index is 13.3. The molecule has 2 N–H and O–H groups in total. The van der Waals surface area contributed by atoms with E-state index in [-0.39, 0.29) is 17.6 Å². The first-order valence-corrected chi connectivity index (χ1v) is 9.29. The standard InChI is InChI=1S/C17H20FN3O2S/c18-13-3-1-12(2-4-13)17-6-5-15(22)21(17)14(10-24-17)16(23)20-9-11-7-19-8-11/h1-4,11,14,19H,5-10H2,(H,20,23). The Bertz CT molecular complexity index is 664. The molecule has 1 aromatic carbocycles. The molecule has 128 valence electrons. The van der Waals surface area contributed by atoms with Gasteiger partial charge in [0.15, 0.2) is 0 Å². The van der Waals surface area contributed by atoms with Crippen molar-refractivity contribution in [1.82, 2.24) is 15.5 Å². The Labute approximate surface area is 144 Å². The molecule has 2 unspecified atom stereocenters. The van der Waals surface area contributed by atoms with Gasteiger partial charge in [0.25, 0.3) is 0 Å². The van der Waals surface area contributed by atoms with Gasteiger partial charge in [-0.05, 0) is 24.1 Å². The maximum absolute atomic E-state index is 13.3. The number of nitrogens with zero attached hydrogens (tertiary/aromatic N) is 1. The van der Waals surface area contributed by atoms with Crippen LogP contribution in [0.15, 0.2) is 24.3 Å². The van der Waals surface area contributed by atoms with Gasteiger partial charge in [0, 0.05) is 37.7 Å². The number of benzene rings is 1. The van der Waals surface area contributed by atoms with Crippen LogP contribution in [0.4, 0.5) is 4.39 Å². The van der Waals surface area contributed by atoms with Crippen molar-refractivity contribution >= 4 is 23.6 Å². The zero-order valence-electron chi connectivity index (χ0n) is 13.3. The molecule has 0 bridgehead atoms. The van der Waals surface area contributed by atoms with Gasteiger partial charge in [0.2, 0.25) is 11.8 Å². The summed E-state index contributed by atoms with van der Waals surface area (Å²) in [6, 6.07) is 5.86. The smallest absolute Gasteiger partial charge is 0.243 e. The lowest BCUT2D eigenvalue weighted by atomic mass is 10.0. The predicted molar refractivity (Wildman–Crippen MR) is 89.8 cm³/mol. The summed E-state index contributed by atoms with van der Waals surface area (Å²) in [4.78, 5) is 26.3. The molecule has 0 saturated carbocycles. The Hall–Kier alpha value is -1.60. The maximum Gasteiger partial charge on any atom is 0.243 e. The highest BCUT2D eigenvalue weighted by Crippen LogP contribution is 2.54. The van der Waals surface area contributed by atoms with Crippen molar-refractivity contribution in [2.75, 3.05) is 25.4 Å². The van der Waals surface area contributed by atoms with Crippen molar-refractivity contribution < 1.29 is 14.0 Å². The topological polar surface area (TPSA) is 61.4 Å². The zero-order valence-corrected chi connectivity index (χ0v) is 14.1. The summed E-state index contributed by atoms with van der Waals surface area (Å²) in [7, 11) is 0. The van der Waals surface area contributed by atoms with Crippen LogP contribution in [-0.2, 0) is 14.5 Å². The van der Waals surface area contributed by atoms with E-state index in [9.17, 15) is 14.0 Å². The lowest BCUT2D eigenvalue weighted by Gasteiger charge is -2.34. The molecule has 3 aliphatic rings. The minimum absolute atomic E-state index is 0.00906. The SMILES string of the molecule is O=C(NCC1CNC1)C1CSC2(c3ccc(F)cc3)CCC(=O)N12. The second-order valence-electron chi connectivity index (χ2n) is 6.65. The van der Waals surface area contributed by atoms with Gasteiger partial charge in [0.1, 0.15) is 16.7 Å². The molecule has 0 aromatic heterocycles. The summed E-state index contributed by atoms with van der Waals surface area (Å²) in [5.41, 5.74) is 0.901. The quantitative estimate of drug-likeness (QED) is 0.853. The number of nitrogens with one attached hydrogen (secondary N) is 2. The van der Waals surface area contributed by atoms with E-state index < -0.39 is 10.9 Å². The van der Waals surface area contributed by atoms with Gasteiger partial charge in [0.05, 0.1) is 0 Å². The molecule has 2 amide bonds. The van der Waals surface area contributed by atoms with Crippen molar-refractivity contribution in [2.24, 2.45) is 5.92 Å². The molecule has 24 heavy (non-hydrogen) atoms. The van der Waals surface area contributed by atoms with E-state index in [1.54, 1.807) is 28.8 Å². The minimum Gasteiger partial charge on any atom is -0.354 e. The van der Waals surface area contributed by atoms with Crippen LogP contribution >= 0.6 is 11.8 Å². The highest BCUT2D eigenvalue weighted by Gasteiger charge is 2.56. The average molecular weight is 349 g/mol. The van der Waals surface area contributed by atoms with Gasteiger partial charge in [-0.3, -0.25) is 9.59 Å². The van der Waals surface area contributed by atoms with Crippen LogP contribution in [0.2, 0.25) is 0 Å². The molecule has 2 atom stereocenters. The largest absolute Gasteiger partial charge is 0.354 e. The Balaban J connectivity index is 1.54. The van der Waals surface area contributed by atoms with E-state index in [0.29, 0.717) is 31.1 Å². The van der Waals surface area contributed by atoms with E-state index in [0.717, 1.165) is 18.7 Å².